The van der Waals surface area contributed by atoms with Gasteiger partial charge in [-0.05, 0) is 17.5 Å². The smallest absolute Gasteiger partial charge is 0.244 e. The molecule has 2 heterocycles. The molecule has 5 rings (SSSR count). The summed E-state index contributed by atoms with van der Waals surface area (Å²) in [6, 6.07) is 9.44. The molecule has 2 aromatic rings. The number of allylic oxidation sites excluding steroid dienone is 1. The summed E-state index contributed by atoms with van der Waals surface area (Å²) in [5.74, 6) is -2.06. The minimum absolute atomic E-state index is 0.0115. The molecule has 1 N–H and O–H groups in total. The topological polar surface area (TPSA) is 115 Å². The second-order valence-electron chi connectivity index (χ2n) is 9.56. The number of aliphatic imine (C=N–C) groups is 1. The number of hydrogen-bond acceptors (Lipinski definition) is 8. The second-order valence-corrected chi connectivity index (χ2v) is 9.94. The Morgan fingerprint density at radius 2 is 1.95 bits per heavy atom. The molecule has 38 heavy (non-hydrogen) atoms. The van der Waals surface area contributed by atoms with Crippen molar-refractivity contribution in [3.05, 3.63) is 63.4 Å². The number of rotatable bonds is 5. The van der Waals surface area contributed by atoms with Gasteiger partial charge in [-0.15, -0.1) is 0 Å². The summed E-state index contributed by atoms with van der Waals surface area (Å²) in [5.41, 5.74) is 0.309. The van der Waals surface area contributed by atoms with Crippen molar-refractivity contribution in [2.24, 2.45) is 10.9 Å². The molecule has 1 spiro atoms. The molecule has 2 aromatic carbocycles. The van der Waals surface area contributed by atoms with Gasteiger partial charge in [-0.1, -0.05) is 42.8 Å². The molecule has 3 aliphatic rings. The molecule has 0 fully saturated rings. The normalized spacial score (nSPS) is 22.5. The van der Waals surface area contributed by atoms with E-state index in [0.29, 0.717) is 13.1 Å². The molecule has 0 saturated carbocycles. The Morgan fingerprint density at radius 3 is 2.66 bits per heavy atom. The highest BCUT2D eigenvalue weighted by Gasteiger charge is 2.60. The molecule has 198 valence electrons. The summed E-state index contributed by atoms with van der Waals surface area (Å²) < 4.78 is 16.7. The summed E-state index contributed by atoms with van der Waals surface area (Å²) in [6.45, 7) is 2.50. The number of benzene rings is 2. The first-order chi connectivity index (χ1) is 18.2. The van der Waals surface area contributed by atoms with Gasteiger partial charge in [0.2, 0.25) is 17.3 Å². The lowest BCUT2D eigenvalue weighted by molar-refractivity contribution is -0.130. The number of aliphatic hydroxyl groups excluding tert-OH is 1. The predicted molar refractivity (Wildman–Crippen MR) is 140 cm³/mol. The van der Waals surface area contributed by atoms with Crippen LogP contribution < -0.4 is 14.2 Å². The third-order valence-corrected chi connectivity index (χ3v) is 7.80. The predicted octanol–water partition coefficient (Wildman–Crippen LogP) is 3.75. The van der Waals surface area contributed by atoms with Crippen LogP contribution in [-0.2, 0) is 22.6 Å². The average molecular weight is 539 g/mol. The number of methoxy groups -OCH3 is 2. The number of fused-ring (bicyclic) bond motifs is 2. The van der Waals surface area contributed by atoms with Crippen LogP contribution in [0.3, 0.4) is 0 Å². The van der Waals surface area contributed by atoms with Gasteiger partial charge in [0.05, 0.1) is 19.8 Å². The van der Waals surface area contributed by atoms with Gasteiger partial charge in [0.1, 0.15) is 28.6 Å². The van der Waals surface area contributed by atoms with Gasteiger partial charge < -0.3 is 24.2 Å². The Bertz CT molecular complexity index is 1420. The maximum atomic E-state index is 13.8. The van der Waals surface area contributed by atoms with Crippen LogP contribution in [0.5, 0.6) is 17.2 Å². The SMILES string of the molecule is COc1cc(OC)c2c(c1Cl)OC1(C2=O)C(O)=C(C=NCC(=O)N2CCc3ccccc3C2)C(=O)CC1C. The zero-order chi connectivity index (χ0) is 27.2. The van der Waals surface area contributed by atoms with Crippen molar-refractivity contribution in [1.29, 1.82) is 0 Å². The maximum Gasteiger partial charge on any atom is 0.244 e. The van der Waals surface area contributed by atoms with Crippen LogP contribution in [0.25, 0.3) is 0 Å². The highest BCUT2D eigenvalue weighted by atomic mass is 35.5. The lowest BCUT2D eigenvalue weighted by Gasteiger charge is -2.36. The van der Waals surface area contributed by atoms with E-state index in [1.54, 1.807) is 11.8 Å². The number of ketones is 2. The molecule has 1 amide bonds. The molecule has 0 aromatic heterocycles. The van der Waals surface area contributed by atoms with Crippen LogP contribution in [0.1, 0.15) is 34.8 Å². The molecular formula is C28H27ClN2O7. The number of halogens is 1. The van der Waals surface area contributed by atoms with Gasteiger partial charge in [0.15, 0.2) is 17.3 Å². The Labute approximate surface area is 224 Å². The van der Waals surface area contributed by atoms with Crippen LogP contribution in [0.15, 0.2) is 46.7 Å². The molecule has 2 atom stereocenters. The number of aliphatic hydroxyl groups is 1. The molecule has 0 bridgehead atoms. The van der Waals surface area contributed by atoms with Crippen LogP contribution in [0.2, 0.25) is 5.02 Å². The third-order valence-electron chi connectivity index (χ3n) is 7.44. The van der Waals surface area contributed by atoms with E-state index in [-0.39, 0.29) is 52.3 Å². The fourth-order valence-corrected chi connectivity index (χ4v) is 5.60. The van der Waals surface area contributed by atoms with E-state index in [1.807, 2.05) is 18.2 Å². The van der Waals surface area contributed by atoms with Gasteiger partial charge in [-0.25, -0.2) is 0 Å². The molecule has 1 aliphatic carbocycles. The highest BCUT2D eigenvalue weighted by Crippen LogP contribution is 2.54. The first kappa shape index (κ1) is 25.8. The summed E-state index contributed by atoms with van der Waals surface area (Å²) in [7, 11) is 2.80. The Morgan fingerprint density at radius 1 is 1.24 bits per heavy atom. The number of nitrogens with zero attached hydrogens (tertiary/aromatic N) is 2. The zero-order valence-corrected chi connectivity index (χ0v) is 22.0. The fraction of sp³-hybridized carbons (Fsp3) is 0.357. The van der Waals surface area contributed by atoms with E-state index in [9.17, 15) is 19.5 Å². The van der Waals surface area contributed by atoms with Crippen LogP contribution in [0.4, 0.5) is 0 Å². The molecule has 9 nitrogen and oxygen atoms in total. The maximum absolute atomic E-state index is 13.8. The average Bonchev–Trinajstić information content (AvgIpc) is 3.24. The van der Waals surface area contributed by atoms with Crippen molar-refractivity contribution in [3.8, 4) is 17.2 Å². The first-order valence-electron chi connectivity index (χ1n) is 12.2. The molecule has 10 heteroatoms. The number of ether oxygens (including phenoxy) is 3. The summed E-state index contributed by atoms with van der Waals surface area (Å²) in [4.78, 5) is 45.3. The van der Waals surface area contributed by atoms with Gasteiger partial charge in [0.25, 0.3) is 0 Å². The van der Waals surface area contributed by atoms with E-state index in [2.05, 4.69) is 11.1 Å². The largest absolute Gasteiger partial charge is 0.507 e. The van der Waals surface area contributed by atoms with Crippen molar-refractivity contribution in [1.82, 2.24) is 4.90 Å². The Kier molecular flexibility index (Phi) is 6.65. The lowest BCUT2D eigenvalue weighted by atomic mass is 9.73. The number of Topliss-reactive ketones (excluding diaryl/α,β-unsaturated/α-hetero) is 2. The number of amides is 1. The molecule has 2 aliphatic heterocycles. The van der Waals surface area contributed by atoms with Gasteiger partial charge >= 0.3 is 0 Å². The van der Waals surface area contributed by atoms with Crippen LogP contribution >= 0.6 is 11.6 Å². The van der Waals surface area contributed by atoms with Gasteiger partial charge in [-0.3, -0.25) is 19.4 Å². The monoisotopic (exact) mass is 538 g/mol. The highest BCUT2D eigenvalue weighted by molar-refractivity contribution is 6.35. The molecule has 0 radical (unpaired) electrons. The van der Waals surface area contributed by atoms with E-state index in [0.717, 1.165) is 18.2 Å². The van der Waals surface area contributed by atoms with Gasteiger partial charge in [-0.2, -0.15) is 0 Å². The van der Waals surface area contributed by atoms with Crippen molar-refractivity contribution in [2.45, 2.75) is 31.9 Å². The van der Waals surface area contributed by atoms with Crippen molar-refractivity contribution < 1.29 is 33.7 Å². The zero-order valence-electron chi connectivity index (χ0n) is 21.2. The van der Waals surface area contributed by atoms with Crippen LogP contribution in [-0.4, -0.2) is 66.6 Å². The minimum Gasteiger partial charge on any atom is -0.507 e. The van der Waals surface area contributed by atoms with E-state index in [1.165, 1.54) is 25.8 Å². The van der Waals surface area contributed by atoms with Crippen LogP contribution in [0, 0.1) is 5.92 Å². The number of carbonyl (C=O) groups excluding carboxylic acids is 3. The third kappa shape index (κ3) is 3.93. The number of hydrogen-bond donors (Lipinski definition) is 1. The lowest BCUT2D eigenvalue weighted by Crippen LogP contribution is -2.52. The first-order valence-corrected chi connectivity index (χ1v) is 12.6. The number of carbonyl (C=O) groups is 3. The van der Waals surface area contributed by atoms with Crippen molar-refractivity contribution >= 4 is 35.3 Å². The van der Waals surface area contributed by atoms with E-state index < -0.39 is 28.8 Å². The molecule has 0 saturated heterocycles. The van der Waals surface area contributed by atoms with E-state index >= 15 is 0 Å². The summed E-state index contributed by atoms with van der Waals surface area (Å²) in [6.07, 6.45) is 1.83. The summed E-state index contributed by atoms with van der Waals surface area (Å²) >= 11 is 6.44. The van der Waals surface area contributed by atoms with E-state index in [4.69, 9.17) is 25.8 Å². The Balaban J connectivity index is 1.43. The molecular weight excluding hydrogens is 512 g/mol. The van der Waals surface area contributed by atoms with Crippen molar-refractivity contribution in [3.63, 3.8) is 0 Å². The Hall–Kier alpha value is -3.85. The molecule has 2 unspecified atom stereocenters. The minimum atomic E-state index is -1.89. The second kappa shape index (κ2) is 9.79. The van der Waals surface area contributed by atoms with Gasteiger partial charge in [0, 0.05) is 37.7 Å². The standard InChI is InChI=1S/C28H27ClN2O7/c1-15-10-19(32)18(12-30-13-22(33)31-9-8-16-6-4-5-7-17(16)14-31)26(34)28(15)27(35)23-20(36-2)11-21(37-3)24(29)25(23)38-28/h4-7,11-12,15,34H,8-10,13-14H2,1-3H3. The quantitative estimate of drug-likeness (QED) is 0.576. The van der Waals surface area contributed by atoms with Crippen molar-refractivity contribution in [2.75, 3.05) is 27.3 Å². The summed E-state index contributed by atoms with van der Waals surface area (Å²) in [5, 5.41) is 11.4. The fourth-order valence-electron chi connectivity index (χ4n) is 5.34.